The second-order valence-electron chi connectivity index (χ2n) is 5.22. The highest BCUT2D eigenvalue weighted by Gasteiger charge is 2.19. The molecule has 0 aliphatic rings. The quantitative estimate of drug-likeness (QED) is 0.714. The van der Waals surface area contributed by atoms with Gasteiger partial charge in [-0.3, -0.25) is 0 Å². The second kappa shape index (κ2) is 7.20. The van der Waals surface area contributed by atoms with Crippen molar-refractivity contribution in [2.45, 2.75) is 39.3 Å². The number of hydrogen-bond donors (Lipinski definition) is 3. The van der Waals surface area contributed by atoms with Gasteiger partial charge in [0.05, 0.1) is 11.5 Å². The Morgan fingerprint density at radius 1 is 1.35 bits per heavy atom. The molecule has 112 valence electrons. The van der Waals surface area contributed by atoms with Crippen LogP contribution in [0.5, 0.6) is 0 Å². The first-order chi connectivity index (χ1) is 9.22. The molecule has 0 saturated heterocycles. The van der Waals surface area contributed by atoms with Gasteiger partial charge in [0.1, 0.15) is 0 Å². The lowest BCUT2D eigenvalue weighted by Crippen LogP contribution is -2.46. The molecule has 0 saturated carbocycles. The highest BCUT2D eigenvalue weighted by molar-refractivity contribution is 7.87. The smallest absolute Gasteiger partial charge is 0.277 e. The maximum Gasteiger partial charge on any atom is 0.277 e. The van der Waals surface area contributed by atoms with Gasteiger partial charge in [-0.2, -0.15) is 17.9 Å². The van der Waals surface area contributed by atoms with E-state index in [0.29, 0.717) is 6.42 Å². The van der Waals surface area contributed by atoms with Crippen molar-refractivity contribution in [1.82, 2.24) is 9.44 Å². The van der Waals surface area contributed by atoms with Gasteiger partial charge in [-0.1, -0.05) is 11.8 Å². The summed E-state index contributed by atoms with van der Waals surface area (Å²) in [7, 11) is -3.51. The molecule has 20 heavy (non-hydrogen) atoms. The van der Waals surface area contributed by atoms with Gasteiger partial charge in [-0.05, 0) is 32.9 Å². The van der Waals surface area contributed by atoms with Crippen molar-refractivity contribution in [1.29, 1.82) is 0 Å². The number of aliphatic hydroxyl groups excluding tert-OH is 1. The van der Waals surface area contributed by atoms with E-state index in [2.05, 4.69) is 21.3 Å². The summed E-state index contributed by atoms with van der Waals surface area (Å²) in [6.07, 6.45) is 0.440. The molecule has 1 rings (SSSR count). The van der Waals surface area contributed by atoms with Gasteiger partial charge in [0, 0.05) is 23.4 Å². The second-order valence-corrected chi connectivity index (χ2v) is 7.89. The Hall–Kier alpha value is -0.910. The van der Waals surface area contributed by atoms with Gasteiger partial charge in [-0.15, -0.1) is 11.3 Å². The predicted octanol–water partition coefficient (Wildman–Crippen LogP) is 1.20. The molecule has 7 heteroatoms. The van der Waals surface area contributed by atoms with Crippen molar-refractivity contribution in [2.24, 2.45) is 0 Å². The molecular weight excluding hydrogens is 296 g/mol. The van der Waals surface area contributed by atoms with Crippen LogP contribution in [0.3, 0.4) is 0 Å². The summed E-state index contributed by atoms with van der Waals surface area (Å²) in [5.41, 5.74) is -0.512. The minimum atomic E-state index is -3.51. The maximum atomic E-state index is 11.8. The summed E-state index contributed by atoms with van der Waals surface area (Å²) >= 11 is 1.43. The van der Waals surface area contributed by atoms with E-state index in [-0.39, 0.29) is 13.2 Å². The lowest BCUT2D eigenvalue weighted by atomic mass is 10.1. The molecule has 0 spiro atoms. The van der Waals surface area contributed by atoms with E-state index < -0.39 is 15.7 Å². The summed E-state index contributed by atoms with van der Waals surface area (Å²) in [4.78, 5) is 1.74. The normalized spacial score (nSPS) is 12.0. The standard InChI is InChI=1S/C13H20N2O3S2/c1-13(2,3)15-20(17,18)14-10-12-8-7-11(19-12)6-4-5-9-16/h7-8,14-16H,5,9-10H2,1-3H3. The van der Waals surface area contributed by atoms with Gasteiger partial charge < -0.3 is 5.11 Å². The van der Waals surface area contributed by atoms with Crippen molar-refractivity contribution in [3.63, 3.8) is 0 Å². The first kappa shape index (κ1) is 17.1. The highest BCUT2D eigenvalue weighted by atomic mass is 32.2. The van der Waals surface area contributed by atoms with Crippen molar-refractivity contribution >= 4 is 21.5 Å². The fourth-order valence-corrected chi connectivity index (χ4v) is 3.49. The van der Waals surface area contributed by atoms with Crippen LogP contribution in [0.25, 0.3) is 0 Å². The Kier molecular flexibility index (Phi) is 6.17. The largest absolute Gasteiger partial charge is 0.395 e. The van der Waals surface area contributed by atoms with Crippen LogP contribution in [0.15, 0.2) is 12.1 Å². The van der Waals surface area contributed by atoms with E-state index >= 15 is 0 Å². The van der Waals surface area contributed by atoms with Crippen LogP contribution in [0.2, 0.25) is 0 Å². The van der Waals surface area contributed by atoms with Crippen LogP contribution in [0.4, 0.5) is 0 Å². The van der Waals surface area contributed by atoms with Gasteiger partial charge in [0.15, 0.2) is 0 Å². The number of nitrogens with one attached hydrogen (secondary N) is 2. The molecule has 0 aliphatic heterocycles. The minimum Gasteiger partial charge on any atom is -0.395 e. The van der Waals surface area contributed by atoms with E-state index in [9.17, 15) is 8.42 Å². The molecule has 1 aromatic rings. The third-order valence-electron chi connectivity index (χ3n) is 1.99. The van der Waals surface area contributed by atoms with Crippen molar-refractivity contribution in [2.75, 3.05) is 6.61 Å². The van der Waals surface area contributed by atoms with Gasteiger partial charge in [0.2, 0.25) is 0 Å². The van der Waals surface area contributed by atoms with E-state index in [1.807, 2.05) is 12.1 Å². The van der Waals surface area contributed by atoms with Crippen LogP contribution in [0.1, 0.15) is 36.9 Å². The van der Waals surface area contributed by atoms with Crippen LogP contribution in [-0.4, -0.2) is 25.7 Å². The van der Waals surface area contributed by atoms with Crippen LogP contribution in [0, 0.1) is 11.8 Å². The summed E-state index contributed by atoms with van der Waals surface area (Å²) in [6, 6.07) is 3.68. The van der Waals surface area contributed by atoms with Gasteiger partial charge >= 0.3 is 0 Å². The molecule has 0 unspecified atom stereocenters. The molecule has 0 aliphatic carbocycles. The zero-order valence-electron chi connectivity index (χ0n) is 11.9. The first-order valence-corrected chi connectivity index (χ1v) is 8.49. The minimum absolute atomic E-state index is 0.0451. The molecule has 0 radical (unpaired) electrons. The summed E-state index contributed by atoms with van der Waals surface area (Å²) in [5.74, 6) is 5.74. The molecule has 5 nitrogen and oxygen atoms in total. The molecule has 1 heterocycles. The summed E-state index contributed by atoms with van der Waals surface area (Å²) in [5, 5.41) is 8.63. The van der Waals surface area contributed by atoms with Crippen molar-refractivity contribution in [3.05, 3.63) is 21.9 Å². The Morgan fingerprint density at radius 2 is 2.05 bits per heavy atom. The van der Waals surface area contributed by atoms with E-state index in [1.165, 1.54) is 11.3 Å². The van der Waals surface area contributed by atoms with Crippen molar-refractivity contribution in [3.8, 4) is 11.8 Å². The highest BCUT2D eigenvalue weighted by Crippen LogP contribution is 2.15. The van der Waals surface area contributed by atoms with E-state index in [1.54, 1.807) is 20.8 Å². The third kappa shape index (κ3) is 7.03. The molecule has 0 aromatic carbocycles. The number of rotatable bonds is 5. The number of thiophene rings is 1. The summed E-state index contributed by atoms with van der Waals surface area (Å²) in [6.45, 7) is 5.63. The first-order valence-electron chi connectivity index (χ1n) is 6.19. The monoisotopic (exact) mass is 316 g/mol. The average Bonchev–Trinajstić information content (AvgIpc) is 2.72. The molecule has 0 amide bonds. The lowest BCUT2D eigenvalue weighted by Gasteiger charge is -2.20. The van der Waals surface area contributed by atoms with E-state index in [4.69, 9.17) is 5.11 Å². The average molecular weight is 316 g/mol. The lowest BCUT2D eigenvalue weighted by molar-refractivity contribution is 0.305. The topological polar surface area (TPSA) is 78.4 Å². The Morgan fingerprint density at radius 3 is 2.65 bits per heavy atom. The van der Waals surface area contributed by atoms with Crippen LogP contribution in [-0.2, 0) is 16.8 Å². The maximum absolute atomic E-state index is 11.8. The Bertz CT molecular complexity index is 589. The Labute approximate surface area is 124 Å². The molecule has 0 fully saturated rings. The van der Waals surface area contributed by atoms with Crippen molar-refractivity contribution < 1.29 is 13.5 Å². The molecule has 3 N–H and O–H groups in total. The number of aliphatic hydroxyl groups is 1. The molecular formula is C13H20N2O3S2. The SMILES string of the molecule is CC(C)(C)NS(=O)(=O)NCc1ccc(C#CCCO)s1. The molecule has 1 aromatic heterocycles. The van der Waals surface area contributed by atoms with Crippen LogP contribution >= 0.6 is 11.3 Å². The fourth-order valence-electron chi connectivity index (χ4n) is 1.35. The zero-order chi connectivity index (χ0) is 15.2. The fraction of sp³-hybridized carbons (Fsp3) is 0.538. The van der Waals surface area contributed by atoms with Gasteiger partial charge in [0.25, 0.3) is 10.2 Å². The predicted molar refractivity (Wildman–Crippen MR) is 81.5 cm³/mol. The molecule has 0 atom stereocenters. The Balaban J connectivity index is 2.57. The van der Waals surface area contributed by atoms with Gasteiger partial charge in [-0.25, -0.2) is 0 Å². The van der Waals surface area contributed by atoms with E-state index in [0.717, 1.165) is 9.75 Å². The van der Waals surface area contributed by atoms with Crippen LogP contribution < -0.4 is 9.44 Å². The third-order valence-corrected chi connectivity index (χ3v) is 4.39. The molecule has 0 bridgehead atoms. The summed E-state index contributed by atoms with van der Waals surface area (Å²) < 4.78 is 28.5. The number of hydrogen-bond acceptors (Lipinski definition) is 4. The zero-order valence-corrected chi connectivity index (χ0v) is 13.5.